The van der Waals surface area contributed by atoms with Crippen molar-refractivity contribution in [1.82, 2.24) is 10.2 Å². The maximum Gasteiger partial charge on any atom is 0.244 e. The van der Waals surface area contributed by atoms with E-state index in [4.69, 9.17) is 16.3 Å². The van der Waals surface area contributed by atoms with E-state index in [9.17, 15) is 18.0 Å². The van der Waals surface area contributed by atoms with Gasteiger partial charge in [0.25, 0.3) is 0 Å². The van der Waals surface area contributed by atoms with Crippen LogP contribution in [0.25, 0.3) is 0 Å². The van der Waals surface area contributed by atoms with Gasteiger partial charge in [-0.15, -0.1) is 0 Å². The second kappa shape index (κ2) is 14.4. The van der Waals surface area contributed by atoms with Crippen molar-refractivity contribution in [2.24, 2.45) is 5.92 Å². The molecule has 2 amide bonds. The van der Waals surface area contributed by atoms with Gasteiger partial charge >= 0.3 is 0 Å². The number of methoxy groups -OCH3 is 1. The van der Waals surface area contributed by atoms with Crippen LogP contribution in [0.1, 0.15) is 30.5 Å². The maximum absolute atomic E-state index is 14.2. The Hall–Kier alpha value is -3.56. The van der Waals surface area contributed by atoms with Gasteiger partial charge in [-0.25, -0.2) is 8.42 Å². The molecule has 0 fully saturated rings. The van der Waals surface area contributed by atoms with Crippen molar-refractivity contribution in [3.8, 4) is 5.75 Å². The number of nitrogens with one attached hydrogen (secondary N) is 1. The van der Waals surface area contributed by atoms with Crippen LogP contribution >= 0.6 is 11.6 Å². The zero-order valence-electron chi connectivity index (χ0n) is 24.1. The molecular weight excluding hydrogens is 562 g/mol. The van der Waals surface area contributed by atoms with Gasteiger partial charge in [0.05, 0.1) is 19.1 Å². The number of hydrogen-bond donors (Lipinski definition) is 1. The summed E-state index contributed by atoms with van der Waals surface area (Å²) in [4.78, 5) is 29.3. The number of aryl methyl sites for hydroxylation is 1. The number of nitrogens with zero attached hydrogens (tertiary/aromatic N) is 2. The van der Waals surface area contributed by atoms with Gasteiger partial charge in [0.1, 0.15) is 18.3 Å². The Kier molecular flexibility index (Phi) is 11.2. The number of halogens is 1. The molecule has 0 heterocycles. The molecule has 0 spiro atoms. The van der Waals surface area contributed by atoms with Gasteiger partial charge in [0, 0.05) is 24.5 Å². The Bertz CT molecular complexity index is 1450. The fraction of sp³-hybridized carbons (Fsp3) is 0.355. The van der Waals surface area contributed by atoms with Crippen LogP contribution in [0.2, 0.25) is 5.02 Å². The average molecular weight is 600 g/mol. The van der Waals surface area contributed by atoms with Crippen molar-refractivity contribution < 1.29 is 22.7 Å². The lowest BCUT2D eigenvalue weighted by Gasteiger charge is -2.34. The van der Waals surface area contributed by atoms with Gasteiger partial charge in [-0.2, -0.15) is 0 Å². The predicted octanol–water partition coefficient (Wildman–Crippen LogP) is 4.84. The molecule has 41 heavy (non-hydrogen) atoms. The third-order valence-corrected chi connectivity index (χ3v) is 7.84. The lowest BCUT2D eigenvalue weighted by atomic mass is 10.0. The molecule has 1 N–H and O–H groups in total. The molecular formula is C31H38ClN3O5S. The fourth-order valence-corrected chi connectivity index (χ4v) is 5.46. The maximum atomic E-state index is 14.2. The summed E-state index contributed by atoms with van der Waals surface area (Å²) >= 11 is 6.25. The van der Waals surface area contributed by atoms with Crippen LogP contribution in [0.15, 0.2) is 72.8 Å². The van der Waals surface area contributed by atoms with Crippen molar-refractivity contribution in [3.05, 3.63) is 94.5 Å². The first-order valence-corrected chi connectivity index (χ1v) is 15.6. The monoisotopic (exact) mass is 599 g/mol. The molecule has 0 aliphatic heterocycles. The van der Waals surface area contributed by atoms with Crippen LogP contribution in [0.4, 0.5) is 5.69 Å². The highest BCUT2D eigenvalue weighted by Crippen LogP contribution is 2.31. The van der Waals surface area contributed by atoms with Crippen LogP contribution in [0.3, 0.4) is 0 Å². The molecule has 220 valence electrons. The SMILES string of the molecule is COc1ccc(C)cc1N(CC(=O)N(Cc1cccc(Cl)c1)C(Cc1ccccc1)C(=O)NCC(C)C)S(C)(=O)=O. The zero-order chi connectivity index (χ0) is 30.2. The first kappa shape index (κ1) is 32.0. The molecule has 1 atom stereocenters. The standard InChI is InChI=1S/C31H38ClN3O5S/c1-22(2)19-33-31(37)28(18-24-10-7-6-8-11-24)34(20-25-12-9-13-26(32)17-25)30(36)21-35(41(5,38)39)27-16-23(3)14-15-29(27)40-4/h6-17,22,28H,18-21H2,1-5H3,(H,33,37). The summed E-state index contributed by atoms with van der Waals surface area (Å²) < 4.78 is 32.6. The molecule has 0 aromatic heterocycles. The van der Waals surface area contributed by atoms with E-state index in [1.807, 2.05) is 57.2 Å². The van der Waals surface area contributed by atoms with Crippen LogP contribution in [-0.2, 0) is 32.6 Å². The van der Waals surface area contributed by atoms with Crippen molar-refractivity contribution in [3.63, 3.8) is 0 Å². The van der Waals surface area contributed by atoms with E-state index in [-0.39, 0.29) is 30.5 Å². The quantitative estimate of drug-likeness (QED) is 0.303. The Morgan fingerprint density at radius 2 is 1.66 bits per heavy atom. The van der Waals surface area contributed by atoms with Crippen molar-refractivity contribution in [2.45, 2.75) is 39.8 Å². The highest BCUT2D eigenvalue weighted by atomic mass is 35.5. The second-order valence-corrected chi connectivity index (χ2v) is 12.8. The molecule has 0 saturated heterocycles. The fourth-order valence-electron chi connectivity index (χ4n) is 4.40. The van der Waals surface area contributed by atoms with Crippen molar-refractivity contribution in [1.29, 1.82) is 0 Å². The van der Waals surface area contributed by atoms with Gasteiger partial charge in [-0.1, -0.05) is 74.0 Å². The molecule has 0 radical (unpaired) electrons. The minimum absolute atomic E-state index is 0.0501. The molecule has 0 bridgehead atoms. The van der Waals surface area contributed by atoms with Crippen LogP contribution in [0, 0.1) is 12.8 Å². The van der Waals surface area contributed by atoms with E-state index in [1.54, 1.807) is 36.4 Å². The molecule has 3 aromatic carbocycles. The molecule has 3 rings (SSSR count). The summed E-state index contributed by atoms with van der Waals surface area (Å²) in [5.74, 6) is -0.356. The van der Waals surface area contributed by atoms with E-state index in [0.717, 1.165) is 21.7 Å². The third-order valence-electron chi connectivity index (χ3n) is 6.48. The smallest absolute Gasteiger partial charge is 0.244 e. The third kappa shape index (κ3) is 9.23. The normalized spacial score (nSPS) is 12.1. The van der Waals surface area contributed by atoms with Crippen molar-refractivity contribution >= 4 is 39.1 Å². The Balaban J connectivity index is 2.09. The summed E-state index contributed by atoms with van der Waals surface area (Å²) in [6.07, 6.45) is 1.28. The van der Waals surface area contributed by atoms with E-state index in [1.165, 1.54) is 12.0 Å². The largest absolute Gasteiger partial charge is 0.495 e. The molecule has 0 aliphatic carbocycles. The molecule has 1 unspecified atom stereocenters. The number of sulfonamides is 1. The van der Waals surface area contributed by atoms with E-state index in [2.05, 4.69) is 5.32 Å². The molecule has 3 aromatic rings. The Morgan fingerprint density at radius 1 is 0.976 bits per heavy atom. The zero-order valence-corrected chi connectivity index (χ0v) is 25.7. The predicted molar refractivity (Wildman–Crippen MR) is 164 cm³/mol. The number of amides is 2. The lowest BCUT2D eigenvalue weighted by molar-refractivity contribution is -0.140. The summed E-state index contributed by atoms with van der Waals surface area (Å²) in [6, 6.07) is 20.7. The number of hydrogen-bond acceptors (Lipinski definition) is 5. The lowest BCUT2D eigenvalue weighted by Crippen LogP contribution is -2.53. The number of anilines is 1. The molecule has 0 saturated carbocycles. The van der Waals surface area contributed by atoms with E-state index >= 15 is 0 Å². The van der Waals surface area contributed by atoms with Gasteiger partial charge in [-0.05, 0) is 53.8 Å². The van der Waals surface area contributed by atoms with Gasteiger partial charge in [0.2, 0.25) is 21.8 Å². The van der Waals surface area contributed by atoms with Gasteiger partial charge in [-0.3, -0.25) is 13.9 Å². The summed E-state index contributed by atoms with van der Waals surface area (Å²) in [6.45, 7) is 5.75. The first-order valence-electron chi connectivity index (χ1n) is 13.4. The second-order valence-electron chi connectivity index (χ2n) is 10.4. The molecule has 0 aliphatic rings. The van der Waals surface area contributed by atoms with Crippen molar-refractivity contribution in [2.75, 3.05) is 30.8 Å². The minimum atomic E-state index is -3.92. The number of carbonyl (C=O) groups excluding carboxylic acids is 2. The van der Waals surface area contributed by atoms with Crippen LogP contribution in [-0.4, -0.2) is 57.6 Å². The number of benzene rings is 3. The first-order chi connectivity index (χ1) is 19.4. The Labute approximate surface area is 248 Å². The van der Waals surface area contributed by atoms with E-state index < -0.39 is 28.5 Å². The summed E-state index contributed by atoms with van der Waals surface area (Å²) in [5, 5.41) is 3.45. The summed E-state index contributed by atoms with van der Waals surface area (Å²) in [7, 11) is -2.48. The number of rotatable bonds is 13. The highest BCUT2D eigenvalue weighted by Gasteiger charge is 2.33. The van der Waals surface area contributed by atoms with Gasteiger partial charge < -0.3 is 15.0 Å². The van der Waals surface area contributed by atoms with Crippen LogP contribution in [0.5, 0.6) is 5.75 Å². The number of carbonyl (C=O) groups is 2. The summed E-state index contributed by atoms with van der Waals surface area (Å²) in [5.41, 5.74) is 2.61. The van der Waals surface area contributed by atoms with Gasteiger partial charge in [0.15, 0.2) is 0 Å². The van der Waals surface area contributed by atoms with Crippen LogP contribution < -0.4 is 14.4 Å². The topological polar surface area (TPSA) is 96.0 Å². The number of ether oxygens (including phenoxy) is 1. The highest BCUT2D eigenvalue weighted by molar-refractivity contribution is 7.92. The molecule has 8 nitrogen and oxygen atoms in total. The molecule has 10 heteroatoms. The Morgan fingerprint density at radius 3 is 2.27 bits per heavy atom. The average Bonchev–Trinajstić information content (AvgIpc) is 2.92. The minimum Gasteiger partial charge on any atom is -0.495 e. The van der Waals surface area contributed by atoms with E-state index in [0.29, 0.717) is 22.9 Å².